The molecule has 20 heavy (non-hydrogen) atoms. The molecule has 1 aromatic rings. The van der Waals surface area contributed by atoms with Gasteiger partial charge >= 0.3 is 0 Å². The number of nitrogens with zero attached hydrogens (tertiary/aromatic N) is 3. The highest BCUT2D eigenvalue weighted by molar-refractivity contribution is 5.94. The molecule has 0 bridgehead atoms. The predicted molar refractivity (Wildman–Crippen MR) is 80.9 cm³/mol. The number of nitrogens with two attached hydrogens (primary N) is 1. The van der Waals surface area contributed by atoms with E-state index in [1.165, 1.54) is 0 Å². The van der Waals surface area contributed by atoms with Crippen LogP contribution in [0.25, 0.3) is 0 Å². The van der Waals surface area contributed by atoms with Crippen molar-refractivity contribution in [2.45, 2.75) is 32.7 Å². The summed E-state index contributed by atoms with van der Waals surface area (Å²) >= 11 is 0. The van der Waals surface area contributed by atoms with Crippen molar-refractivity contribution >= 4 is 11.7 Å². The first kappa shape index (κ1) is 14.8. The molecular weight excluding hydrogens is 252 g/mol. The molecule has 1 fully saturated rings. The largest absolute Gasteiger partial charge is 0.357 e. The summed E-state index contributed by atoms with van der Waals surface area (Å²) in [6, 6.07) is 3.92. The Morgan fingerprint density at radius 1 is 1.50 bits per heavy atom. The SMILES string of the molecule is CCCN(CC)c1ccc(C(=O)N2CC[C@@H](N)C2)cn1. The summed E-state index contributed by atoms with van der Waals surface area (Å²) in [5.74, 6) is 0.972. The Bertz CT molecular complexity index is 446. The number of hydrogen-bond acceptors (Lipinski definition) is 4. The molecule has 2 N–H and O–H groups in total. The highest BCUT2D eigenvalue weighted by atomic mass is 16.2. The number of carbonyl (C=O) groups excluding carboxylic acids is 1. The fourth-order valence-corrected chi connectivity index (χ4v) is 2.56. The van der Waals surface area contributed by atoms with Crippen molar-refractivity contribution in [3.05, 3.63) is 23.9 Å². The van der Waals surface area contributed by atoms with E-state index in [1.807, 2.05) is 17.0 Å². The van der Waals surface area contributed by atoms with Crippen molar-refractivity contribution in [1.82, 2.24) is 9.88 Å². The van der Waals surface area contributed by atoms with Crippen LogP contribution in [0.2, 0.25) is 0 Å². The topological polar surface area (TPSA) is 62.5 Å². The van der Waals surface area contributed by atoms with Crippen molar-refractivity contribution < 1.29 is 4.79 Å². The molecule has 110 valence electrons. The first-order chi connectivity index (χ1) is 9.65. The Morgan fingerprint density at radius 2 is 2.30 bits per heavy atom. The summed E-state index contributed by atoms with van der Waals surface area (Å²) in [6.45, 7) is 7.57. The van der Waals surface area contributed by atoms with E-state index in [9.17, 15) is 4.79 Å². The maximum absolute atomic E-state index is 12.3. The van der Waals surface area contributed by atoms with Gasteiger partial charge in [0.2, 0.25) is 0 Å². The third-order valence-electron chi connectivity index (χ3n) is 3.71. The number of rotatable bonds is 5. The van der Waals surface area contributed by atoms with Crippen LogP contribution in [-0.4, -0.2) is 48.0 Å². The molecule has 0 radical (unpaired) electrons. The molecule has 0 saturated carbocycles. The van der Waals surface area contributed by atoms with E-state index in [-0.39, 0.29) is 11.9 Å². The molecule has 0 aromatic carbocycles. The Balaban J connectivity index is 2.05. The highest BCUT2D eigenvalue weighted by Gasteiger charge is 2.24. The number of aromatic nitrogens is 1. The zero-order valence-electron chi connectivity index (χ0n) is 12.4. The minimum atomic E-state index is 0.0375. The minimum Gasteiger partial charge on any atom is -0.357 e. The van der Waals surface area contributed by atoms with Gasteiger partial charge in [-0.15, -0.1) is 0 Å². The van der Waals surface area contributed by atoms with E-state index in [2.05, 4.69) is 23.7 Å². The van der Waals surface area contributed by atoms with Crippen LogP contribution in [0.15, 0.2) is 18.3 Å². The molecule has 0 spiro atoms. The molecule has 1 amide bonds. The molecule has 1 aromatic heterocycles. The van der Waals surface area contributed by atoms with Crippen LogP contribution < -0.4 is 10.6 Å². The van der Waals surface area contributed by atoms with E-state index in [4.69, 9.17) is 5.73 Å². The summed E-state index contributed by atoms with van der Waals surface area (Å²) in [5.41, 5.74) is 6.49. The van der Waals surface area contributed by atoms with Gasteiger partial charge in [0.05, 0.1) is 5.56 Å². The molecule has 5 nitrogen and oxygen atoms in total. The number of carbonyl (C=O) groups is 1. The molecule has 2 rings (SSSR count). The fraction of sp³-hybridized carbons (Fsp3) is 0.600. The number of pyridine rings is 1. The van der Waals surface area contributed by atoms with Gasteiger partial charge in [-0.25, -0.2) is 4.98 Å². The molecule has 2 heterocycles. The second-order valence-electron chi connectivity index (χ2n) is 5.28. The molecule has 0 aliphatic carbocycles. The number of likely N-dealkylation sites (tertiary alicyclic amines) is 1. The van der Waals surface area contributed by atoms with Crippen LogP contribution >= 0.6 is 0 Å². The predicted octanol–water partition coefficient (Wildman–Crippen LogP) is 1.49. The Kier molecular flexibility index (Phi) is 4.95. The molecular formula is C15H24N4O. The smallest absolute Gasteiger partial charge is 0.255 e. The molecule has 1 atom stereocenters. The quantitative estimate of drug-likeness (QED) is 0.885. The summed E-state index contributed by atoms with van der Waals surface area (Å²) in [5, 5.41) is 0. The third kappa shape index (κ3) is 3.28. The van der Waals surface area contributed by atoms with Crippen molar-refractivity contribution in [2.24, 2.45) is 5.73 Å². The zero-order valence-corrected chi connectivity index (χ0v) is 12.4. The normalized spacial score (nSPS) is 18.4. The molecule has 1 saturated heterocycles. The van der Waals surface area contributed by atoms with Crippen molar-refractivity contribution in [1.29, 1.82) is 0 Å². The summed E-state index contributed by atoms with van der Waals surface area (Å²) < 4.78 is 0. The lowest BCUT2D eigenvalue weighted by atomic mass is 10.2. The standard InChI is InChI=1S/C15H24N4O/c1-3-8-18(4-2)14-6-5-12(10-17-14)15(20)19-9-7-13(16)11-19/h5-6,10,13H,3-4,7-9,11,16H2,1-2H3/t13-/m1/s1. The van der Waals surface area contributed by atoms with E-state index in [1.54, 1.807) is 6.20 Å². The Hall–Kier alpha value is -1.62. The van der Waals surface area contributed by atoms with Crippen LogP contribution in [0.3, 0.4) is 0 Å². The molecule has 5 heteroatoms. The van der Waals surface area contributed by atoms with E-state index in [0.717, 1.165) is 38.3 Å². The van der Waals surface area contributed by atoms with Gasteiger partial charge < -0.3 is 15.5 Å². The van der Waals surface area contributed by atoms with Crippen molar-refractivity contribution in [3.63, 3.8) is 0 Å². The lowest BCUT2D eigenvalue weighted by Crippen LogP contribution is -2.32. The van der Waals surface area contributed by atoms with E-state index >= 15 is 0 Å². The van der Waals surface area contributed by atoms with Crippen LogP contribution in [-0.2, 0) is 0 Å². The second-order valence-corrected chi connectivity index (χ2v) is 5.28. The average Bonchev–Trinajstić information content (AvgIpc) is 2.91. The van der Waals surface area contributed by atoms with Crippen LogP contribution in [0.1, 0.15) is 37.0 Å². The summed E-state index contributed by atoms with van der Waals surface area (Å²) in [7, 11) is 0. The first-order valence-corrected chi connectivity index (χ1v) is 7.41. The highest BCUT2D eigenvalue weighted by Crippen LogP contribution is 2.15. The van der Waals surface area contributed by atoms with Crippen LogP contribution in [0.4, 0.5) is 5.82 Å². The van der Waals surface area contributed by atoms with Gasteiger partial charge in [-0.2, -0.15) is 0 Å². The van der Waals surface area contributed by atoms with Crippen molar-refractivity contribution in [3.8, 4) is 0 Å². The van der Waals surface area contributed by atoms with E-state index in [0.29, 0.717) is 12.1 Å². The van der Waals surface area contributed by atoms with Crippen molar-refractivity contribution in [2.75, 3.05) is 31.1 Å². The maximum atomic E-state index is 12.3. The number of hydrogen-bond donors (Lipinski definition) is 1. The Morgan fingerprint density at radius 3 is 2.80 bits per heavy atom. The first-order valence-electron chi connectivity index (χ1n) is 7.41. The monoisotopic (exact) mass is 276 g/mol. The van der Waals surface area contributed by atoms with Gasteiger partial charge in [0.25, 0.3) is 5.91 Å². The fourth-order valence-electron chi connectivity index (χ4n) is 2.56. The second kappa shape index (κ2) is 6.70. The molecule has 0 unspecified atom stereocenters. The number of anilines is 1. The van der Waals surface area contributed by atoms with Crippen LogP contribution in [0.5, 0.6) is 0 Å². The van der Waals surface area contributed by atoms with Gasteiger partial charge in [-0.05, 0) is 31.9 Å². The minimum absolute atomic E-state index is 0.0375. The third-order valence-corrected chi connectivity index (χ3v) is 3.71. The average molecular weight is 276 g/mol. The maximum Gasteiger partial charge on any atom is 0.255 e. The molecule has 1 aliphatic heterocycles. The van der Waals surface area contributed by atoms with Gasteiger partial charge in [0, 0.05) is 38.4 Å². The van der Waals surface area contributed by atoms with Crippen LogP contribution in [0, 0.1) is 0 Å². The van der Waals surface area contributed by atoms with E-state index < -0.39 is 0 Å². The van der Waals surface area contributed by atoms with Gasteiger partial charge in [0.15, 0.2) is 0 Å². The lowest BCUT2D eigenvalue weighted by molar-refractivity contribution is 0.0790. The summed E-state index contributed by atoms with van der Waals surface area (Å²) in [6.07, 6.45) is 3.65. The molecule has 1 aliphatic rings. The number of amides is 1. The van der Waals surface area contributed by atoms with Gasteiger partial charge in [0.1, 0.15) is 5.82 Å². The summed E-state index contributed by atoms with van der Waals surface area (Å²) in [4.78, 5) is 20.7. The zero-order chi connectivity index (χ0) is 14.5. The van der Waals surface area contributed by atoms with Gasteiger partial charge in [-0.1, -0.05) is 6.92 Å². The Labute approximate surface area is 120 Å². The lowest BCUT2D eigenvalue weighted by Gasteiger charge is -2.21. The van der Waals surface area contributed by atoms with Gasteiger partial charge in [-0.3, -0.25) is 4.79 Å².